The number of ether oxygens (including phenoxy) is 2. The zero-order valence-electron chi connectivity index (χ0n) is 10.3. The number of rotatable bonds is 4. The van der Waals surface area contributed by atoms with Crippen LogP contribution < -0.4 is 14.8 Å². The molecule has 18 heavy (non-hydrogen) atoms. The fourth-order valence-electron chi connectivity index (χ4n) is 1.83. The van der Waals surface area contributed by atoms with Crippen LogP contribution in [-0.4, -0.2) is 26.2 Å². The van der Waals surface area contributed by atoms with Gasteiger partial charge < -0.3 is 14.8 Å². The smallest absolute Gasteiger partial charge is 0.250 e. The minimum absolute atomic E-state index is 0.142. The first-order valence-corrected chi connectivity index (χ1v) is 6.08. The molecule has 100 valence electrons. The molecule has 0 bridgehead atoms. The van der Waals surface area contributed by atoms with Crippen LogP contribution in [-0.2, 0) is 0 Å². The molecule has 1 aliphatic rings. The first-order chi connectivity index (χ1) is 8.66. The highest BCUT2D eigenvalue weighted by Crippen LogP contribution is 2.32. The Bertz CT molecular complexity index is 399. The molecule has 2 rings (SSSR count). The van der Waals surface area contributed by atoms with Gasteiger partial charge in [0.05, 0.1) is 19.8 Å². The Morgan fingerprint density at radius 2 is 1.94 bits per heavy atom. The van der Waals surface area contributed by atoms with Gasteiger partial charge in [-0.3, -0.25) is 0 Å². The van der Waals surface area contributed by atoms with E-state index in [0.717, 1.165) is 17.7 Å². The van der Waals surface area contributed by atoms with Gasteiger partial charge in [0.25, 0.3) is 6.43 Å². The van der Waals surface area contributed by atoms with Crippen LogP contribution in [0.1, 0.15) is 24.9 Å². The van der Waals surface area contributed by atoms with E-state index in [1.165, 1.54) is 0 Å². The summed E-state index contributed by atoms with van der Waals surface area (Å²) in [5, 5.41) is 2.77. The number of hydrogen-bond donors (Lipinski definition) is 1. The van der Waals surface area contributed by atoms with Crippen molar-refractivity contribution < 1.29 is 18.3 Å². The molecule has 1 aromatic carbocycles. The molecule has 1 unspecified atom stereocenters. The molecule has 5 heteroatoms. The quantitative estimate of drug-likeness (QED) is 0.899. The third-order valence-electron chi connectivity index (χ3n) is 2.85. The predicted molar refractivity (Wildman–Crippen MR) is 64.5 cm³/mol. The Labute approximate surface area is 105 Å². The predicted octanol–water partition coefficient (Wildman–Crippen LogP) is 2.76. The van der Waals surface area contributed by atoms with Gasteiger partial charge in [-0.05, 0) is 24.6 Å². The van der Waals surface area contributed by atoms with Crippen LogP contribution in [0.2, 0.25) is 0 Å². The summed E-state index contributed by atoms with van der Waals surface area (Å²) >= 11 is 0. The van der Waals surface area contributed by atoms with Gasteiger partial charge in [-0.25, -0.2) is 8.78 Å². The minimum Gasteiger partial charge on any atom is -0.490 e. The Balaban J connectivity index is 2.07. The van der Waals surface area contributed by atoms with Crippen molar-refractivity contribution in [3.8, 4) is 11.5 Å². The number of alkyl halides is 2. The second kappa shape index (κ2) is 6.00. The van der Waals surface area contributed by atoms with Crippen molar-refractivity contribution in [1.29, 1.82) is 0 Å². The number of hydrogen-bond acceptors (Lipinski definition) is 3. The van der Waals surface area contributed by atoms with Gasteiger partial charge in [0.2, 0.25) is 0 Å². The van der Waals surface area contributed by atoms with E-state index in [-0.39, 0.29) is 12.6 Å². The number of fused-ring (bicyclic) bond motifs is 1. The van der Waals surface area contributed by atoms with Crippen molar-refractivity contribution >= 4 is 0 Å². The Morgan fingerprint density at radius 1 is 1.22 bits per heavy atom. The normalized spacial score (nSPS) is 16.4. The molecule has 0 radical (unpaired) electrons. The first-order valence-electron chi connectivity index (χ1n) is 6.08. The Kier molecular flexibility index (Phi) is 4.36. The summed E-state index contributed by atoms with van der Waals surface area (Å²) in [4.78, 5) is 0. The lowest BCUT2D eigenvalue weighted by molar-refractivity contribution is 0.142. The molecule has 1 aliphatic heterocycles. The van der Waals surface area contributed by atoms with Gasteiger partial charge in [0, 0.05) is 12.5 Å². The van der Waals surface area contributed by atoms with Gasteiger partial charge >= 0.3 is 0 Å². The molecule has 1 aromatic rings. The summed E-state index contributed by atoms with van der Waals surface area (Å²) in [5.74, 6) is 1.41. The summed E-state index contributed by atoms with van der Waals surface area (Å²) in [6, 6.07) is 5.41. The van der Waals surface area contributed by atoms with E-state index in [1.807, 2.05) is 25.1 Å². The lowest BCUT2D eigenvalue weighted by atomic mass is 10.1. The minimum atomic E-state index is -2.34. The maximum Gasteiger partial charge on any atom is 0.250 e. The highest BCUT2D eigenvalue weighted by Gasteiger charge is 2.14. The van der Waals surface area contributed by atoms with Crippen LogP contribution in [0.15, 0.2) is 18.2 Å². The average molecular weight is 257 g/mol. The largest absolute Gasteiger partial charge is 0.490 e. The second-order valence-corrected chi connectivity index (χ2v) is 4.28. The highest BCUT2D eigenvalue weighted by atomic mass is 19.3. The van der Waals surface area contributed by atoms with E-state index in [2.05, 4.69) is 5.32 Å². The lowest BCUT2D eigenvalue weighted by Crippen LogP contribution is -2.24. The van der Waals surface area contributed by atoms with Gasteiger partial charge in [-0.2, -0.15) is 0 Å². The van der Waals surface area contributed by atoms with Crippen LogP contribution >= 0.6 is 0 Å². The van der Waals surface area contributed by atoms with Crippen molar-refractivity contribution in [2.45, 2.75) is 25.8 Å². The van der Waals surface area contributed by atoms with Crippen LogP contribution in [0.3, 0.4) is 0 Å². The van der Waals surface area contributed by atoms with E-state index in [1.54, 1.807) is 0 Å². The van der Waals surface area contributed by atoms with E-state index in [9.17, 15) is 8.78 Å². The van der Waals surface area contributed by atoms with Crippen molar-refractivity contribution in [3.05, 3.63) is 23.8 Å². The molecule has 0 fully saturated rings. The molecule has 0 saturated carbocycles. The zero-order chi connectivity index (χ0) is 13.0. The summed E-state index contributed by atoms with van der Waals surface area (Å²) in [6.07, 6.45) is -1.49. The van der Waals surface area contributed by atoms with Crippen LogP contribution in [0.4, 0.5) is 8.78 Å². The molecule has 0 spiro atoms. The van der Waals surface area contributed by atoms with Crippen molar-refractivity contribution in [3.63, 3.8) is 0 Å². The van der Waals surface area contributed by atoms with Gasteiger partial charge in [-0.15, -0.1) is 0 Å². The SMILES string of the molecule is CC(NCC(F)F)c1ccc2c(c1)OCCCO2. The molecule has 0 aliphatic carbocycles. The molecule has 3 nitrogen and oxygen atoms in total. The number of nitrogens with one attached hydrogen (secondary N) is 1. The van der Waals surface area contributed by atoms with Gasteiger partial charge in [0.15, 0.2) is 11.5 Å². The zero-order valence-corrected chi connectivity index (χ0v) is 10.3. The van der Waals surface area contributed by atoms with Crippen LogP contribution in [0.25, 0.3) is 0 Å². The Morgan fingerprint density at radius 3 is 2.67 bits per heavy atom. The van der Waals surface area contributed by atoms with E-state index >= 15 is 0 Å². The third-order valence-corrected chi connectivity index (χ3v) is 2.85. The number of benzene rings is 1. The average Bonchev–Trinajstić information content (AvgIpc) is 2.60. The Hall–Kier alpha value is -1.36. The highest BCUT2D eigenvalue weighted by molar-refractivity contribution is 5.44. The molecular weight excluding hydrogens is 240 g/mol. The maximum absolute atomic E-state index is 12.1. The summed E-state index contributed by atoms with van der Waals surface area (Å²) in [7, 11) is 0. The molecule has 0 amide bonds. The van der Waals surface area contributed by atoms with Crippen LogP contribution in [0, 0.1) is 0 Å². The monoisotopic (exact) mass is 257 g/mol. The van der Waals surface area contributed by atoms with Crippen LogP contribution in [0.5, 0.6) is 11.5 Å². The van der Waals surface area contributed by atoms with Crippen molar-refractivity contribution in [2.75, 3.05) is 19.8 Å². The third kappa shape index (κ3) is 3.32. The van der Waals surface area contributed by atoms with E-state index in [0.29, 0.717) is 19.0 Å². The first kappa shape index (κ1) is 13.1. The maximum atomic E-state index is 12.1. The topological polar surface area (TPSA) is 30.5 Å². The van der Waals surface area contributed by atoms with Gasteiger partial charge in [0.1, 0.15) is 0 Å². The fraction of sp³-hybridized carbons (Fsp3) is 0.538. The molecule has 0 aromatic heterocycles. The van der Waals surface area contributed by atoms with Crippen molar-refractivity contribution in [1.82, 2.24) is 5.32 Å². The summed E-state index contributed by atoms with van der Waals surface area (Å²) < 4.78 is 35.3. The fourth-order valence-corrected chi connectivity index (χ4v) is 1.83. The molecule has 1 heterocycles. The van der Waals surface area contributed by atoms with Gasteiger partial charge in [-0.1, -0.05) is 6.07 Å². The standard InChI is InChI=1S/C13H17F2NO2/c1-9(16-8-13(14)15)10-3-4-11-12(7-10)18-6-2-5-17-11/h3-4,7,9,13,16H,2,5-6,8H2,1H3. The second-order valence-electron chi connectivity index (χ2n) is 4.28. The number of halogens is 2. The molecular formula is C13H17F2NO2. The van der Waals surface area contributed by atoms with Crippen molar-refractivity contribution in [2.24, 2.45) is 0 Å². The summed E-state index contributed by atoms with van der Waals surface area (Å²) in [6.45, 7) is 2.80. The molecule has 1 N–H and O–H groups in total. The van der Waals surface area contributed by atoms with E-state index in [4.69, 9.17) is 9.47 Å². The molecule has 0 saturated heterocycles. The summed E-state index contributed by atoms with van der Waals surface area (Å²) in [5.41, 5.74) is 0.917. The van der Waals surface area contributed by atoms with E-state index < -0.39 is 6.43 Å². The lowest BCUT2D eigenvalue weighted by Gasteiger charge is -2.16. The molecule has 1 atom stereocenters.